The maximum atomic E-state index is 13.2. The van der Waals surface area contributed by atoms with Crippen LogP contribution in [0.3, 0.4) is 0 Å². The van der Waals surface area contributed by atoms with Crippen molar-refractivity contribution in [2.75, 3.05) is 19.7 Å². The van der Waals surface area contributed by atoms with E-state index in [9.17, 15) is 8.78 Å². The Bertz CT molecular complexity index is 880. The van der Waals surface area contributed by atoms with Gasteiger partial charge < -0.3 is 9.72 Å². The first-order valence-electron chi connectivity index (χ1n) is 9.00. The smallest absolute Gasteiger partial charge is 0.162 e. The quantitative estimate of drug-likeness (QED) is 0.668. The molecule has 1 unspecified atom stereocenters. The second-order valence-electron chi connectivity index (χ2n) is 6.75. The number of nitrogens with zero attached hydrogens (tertiary/aromatic N) is 3. The minimum Gasteiger partial charge on any atom is -0.493 e. The Morgan fingerprint density at radius 1 is 1.22 bits per heavy atom. The second-order valence-corrected chi connectivity index (χ2v) is 6.75. The van der Waals surface area contributed by atoms with Gasteiger partial charge in [0.25, 0.3) is 0 Å². The Morgan fingerprint density at radius 3 is 2.96 bits per heavy atom. The minimum atomic E-state index is -0.906. The summed E-state index contributed by atoms with van der Waals surface area (Å²) >= 11 is 0. The molecule has 1 aliphatic heterocycles. The van der Waals surface area contributed by atoms with Gasteiger partial charge in [-0.1, -0.05) is 0 Å². The first-order valence-corrected chi connectivity index (χ1v) is 9.00. The molecule has 1 fully saturated rings. The monoisotopic (exact) mass is 373 g/mol. The molecule has 3 aromatic rings. The van der Waals surface area contributed by atoms with Gasteiger partial charge in [0, 0.05) is 43.0 Å². The molecule has 2 aromatic heterocycles. The highest BCUT2D eigenvalue weighted by Gasteiger charge is 2.26. The highest BCUT2D eigenvalue weighted by molar-refractivity contribution is 5.23. The van der Waals surface area contributed by atoms with E-state index in [-0.39, 0.29) is 0 Å². The Morgan fingerprint density at radius 2 is 2.15 bits per heavy atom. The molecule has 27 heavy (non-hydrogen) atoms. The fourth-order valence-corrected chi connectivity index (χ4v) is 3.38. The lowest BCUT2D eigenvalue weighted by Crippen LogP contribution is -2.20. The van der Waals surface area contributed by atoms with E-state index in [1.165, 1.54) is 6.07 Å². The van der Waals surface area contributed by atoms with Crippen molar-refractivity contribution in [3.8, 4) is 5.75 Å². The highest BCUT2D eigenvalue weighted by Crippen LogP contribution is 2.27. The lowest BCUT2D eigenvalue weighted by Gasteiger charge is -2.13. The Labute approximate surface area is 155 Å². The van der Waals surface area contributed by atoms with Gasteiger partial charge in [0.05, 0.1) is 18.8 Å². The molecule has 1 aliphatic rings. The summed E-state index contributed by atoms with van der Waals surface area (Å²) in [7, 11) is 0. The van der Waals surface area contributed by atoms with E-state index in [0.717, 1.165) is 55.4 Å². The van der Waals surface area contributed by atoms with E-state index >= 15 is 0 Å². The number of benzene rings is 1. The molecule has 142 valence electrons. The summed E-state index contributed by atoms with van der Waals surface area (Å²) < 4.78 is 31.6. The molecule has 3 heterocycles. The molecule has 1 atom stereocenters. The normalized spacial score (nSPS) is 17.5. The van der Waals surface area contributed by atoms with Gasteiger partial charge in [-0.25, -0.2) is 13.8 Å². The van der Waals surface area contributed by atoms with Gasteiger partial charge in [-0.15, -0.1) is 0 Å². The number of hydrogen-bond donors (Lipinski definition) is 2. The maximum Gasteiger partial charge on any atom is 0.162 e. The standard InChI is InChI=1S/C19H21F2N5O/c20-16-2-1-15(10-17(16)21)27-8-4-14-9-18(25-24-14)13-3-7-26(11-13)12-19-22-5-6-23-19/h1-2,5-6,9-10,13H,3-4,7-8,11-12H2,(H,22,23)(H,24,25). The molecule has 0 saturated carbocycles. The van der Waals surface area contributed by atoms with E-state index in [1.807, 2.05) is 6.20 Å². The molecule has 0 amide bonds. The molecule has 6 nitrogen and oxygen atoms in total. The number of aromatic nitrogens is 4. The average Bonchev–Trinajstić information content (AvgIpc) is 3.40. The van der Waals surface area contributed by atoms with Crippen molar-refractivity contribution in [2.24, 2.45) is 0 Å². The van der Waals surface area contributed by atoms with Crippen molar-refractivity contribution in [2.45, 2.75) is 25.3 Å². The van der Waals surface area contributed by atoms with Crippen LogP contribution < -0.4 is 4.74 Å². The number of nitrogens with one attached hydrogen (secondary N) is 2. The molecular weight excluding hydrogens is 352 g/mol. The summed E-state index contributed by atoms with van der Waals surface area (Å²) in [6, 6.07) is 5.60. The number of aromatic amines is 2. The number of hydrogen-bond acceptors (Lipinski definition) is 4. The van der Waals surface area contributed by atoms with Gasteiger partial charge in [-0.05, 0) is 31.2 Å². The summed E-state index contributed by atoms with van der Waals surface area (Å²) in [6.07, 6.45) is 5.29. The Balaban J connectivity index is 1.26. The summed E-state index contributed by atoms with van der Waals surface area (Å²) in [6.45, 7) is 3.16. The Kier molecular flexibility index (Phi) is 5.15. The van der Waals surface area contributed by atoms with Crippen LogP contribution >= 0.6 is 0 Å². The van der Waals surface area contributed by atoms with Crippen LogP contribution in [0.1, 0.15) is 29.6 Å². The van der Waals surface area contributed by atoms with Crippen molar-refractivity contribution in [3.63, 3.8) is 0 Å². The van der Waals surface area contributed by atoms with E-state index < -0.39 is 11.6 Å². The third-order valence-corrected chi connectivity index (χ3v) is 4.80. The summed E-state index contributed by atoms with van der Waals surface area (Å²) in [4.78, 5) is 9.77. The molecule has 1 saturated heterocycles. The van der Waals surface area contributed by atoms with E-state index in [2.05, 4.69) is 31.1 Å². The molecule has 4 rings (SSSR count). The summed E-state index contributed by atoms with van der Waals surface area (Å²) in [5, 5.41) is 7.49. The van der Waals surface area contributed by atoms with Crippen LogP contribution in [0.2, 0.25) is 0 Å². The topological polar surface area (TPSA) is 69.8 Å². The predicted octanol–water partition coefficient (Wildman–Crippen LogP) is 3.02. The van der Waals surface area contributed by atoms with Gasteiger partial charge in [0.15, 0.2) is 11.6 Å². The Hall–Kier alpha value is -2.74. The van der Waals surface area contributed by atoms with E-state index in [0.29, 0.717) is 24.7 Å². The molecular formula is C19H21F2N5O. The fourth-order valence-electron chi connectivity index (χ4n) is 3.38. The van der Waals surface area contributed by atoms with Crippen molar-refractivity contribution in [1.29, 1.82) is 0 Å². The zero-order chi connectivity index (χ0) is 18.6. The second kappa shape index (κ2) is 7.87. The third kappa shape index (κ3) is 4.33. The minimum absolute atomic E-state index is 0.318. The van der Waals surface area contributed by atoms with Crippen molar-refractivity contribution < 1.29 is 13.5 Å². The molecule has 0 bridgehead atoms. The zero-order valence-electron chi connectivity index (χ0n) is 14.8. The average molecular weight is 373 g/mol. The predicted molar refractivity (Wildman–Crippen MR) is 95.4 cm³/mol. The van der Waals surface area contributed by atoms with Crippen LogP contribution in [0, 0.1) is 11.6 Å². The van der Waals surface area contributed by atoms with Gasteiger partial charge in [-0.3, -0.25) is 10.00 Å². The number of rotatable bonds is 7. The van der Waals surface area contributed by atoms with Crippen LogP contribution in [0.4, 0.5) is 8.78 Å². The highest BCUT2D eigenvalue weighted by atomic mass is 19.2. The lowest BCUT2D eigenvalue weighted by molar-refractivity contribution is 0.317. The summed E-state index contributed by atoms with van der Waals surface area (Å²) in [5.41, 5.74) is 2.02. The molecule has 0 radical (unpaired) electrons. The number of H-pyrrole nitrogens is 2. The maximum absolute atomic E-state index is 13.2. The lowest BCUT2D eigenvalue weighted by atomic mass is 10.0. The number of ether oxygens (including phenoxy) is 1. The summed E-state index contributed by atoms with van der Waals surface area (Å²) in [5.74, 6) is -0.0855. The number of imidazole rings is 1. The van der Waals surface area contributed by atoms with Crippen LogP contribution in [-0.4, -0.2) is 44.8 Å². The van der Waals surface area contributed by atoms with E-state index in [4.69, 9.17) is 4.74 Å². The van der Waals surface area contributed by atoms with Crippen molar-refractivity contribution >= 4 is 0 Å². The third-order valence-electron chi connectivity index (χ3n) is 4.80. The van der Waals surface area contributed by atoms with Crippen molar-refractivity contribution in [3.05, 3.63) is 65.5 Å². The van der Waals surface area contributed by atoms with Gasteiger partial charge in [-0.2, -0.15) is 5.10 Å². The molecule has 0 aliphatic carbocycles. The van der Waals surface area contributed by atoms with Crippen LogP contribution in [0.15, 0.2) is 36.7 Å². The SMILES string of the molecule is Fc1ccc(OCCc2cc(C3CCN(Cc4ncc[nH]4)C3)n[nH]2)cc1F. The van der Waals surface area contributed by atoms with E-state index in [1.54, 1.807) is 6.20 Å². The largest absolute Gasteiger partial charge is 0.493 e. The van der Waals surface area contributed by atoms with Gasteiger partial charge >= 0.3 is 0 Å². The molecule has 8 heteroatoms. The molecule has 1 aromatic carbocycles. The van der Waals surface area contributed by atoms with Crippen molar-refractivity contribution in [1.82, 2.24) is 25.1 Å². The first-order chi connectivity index (χ1) is 13.2. The van der Waals surface area contributed by atoms with Crippen LogP contribution in [-0.2, 0) is 13.0 Å². The zero-order valence-corrected chi connectivity index (χ0v) is 14.8. The van der Waals surface area contributed by atoms with Crippen LogP contribution in [0.5, 0.6) is 5.75 Å². The fraction of sp³-hybridized carbons (Fsp3) is 0.368. The van der Waals surface area contributed by atoms with Crippen LogP contribution in [0.25, 0.3) is 0 Å². The molecule has 0 spiro atoms. The van der Waals surface area contributed by atoms with Gasteiger partial charge in [0.2, 0.25) is 0 Å². The van der Waals surface area contributed by atoms with Gasteiger partial charge in [0.1, 0.15) is 11.6 Å². The number of halogens is 2. The molecule has 2 N–H and O–H groups in total. The first kappa shape index (κ1) is 17.7. The number of likely N-dealkylation sites (tertiary alicyclic amines) is 1.